The van der Waals surface area contributed by atoms with E-state index in [1.54, 1.807) is 0 Å². The van der Waals surface area contributed by atoms with Crippen LogP contribution in [0.4, 0.5) is 0 Å². The number of carbonyl (C=O) groups excluding carboxylic acids is 1. The largest absolute Gasteiger partial charge is 0.396 e. The Balaban J connectivity index is 2.39. The molecule has 1 amide bonds. The molecule has 14 heavy (non-hydrogen) atoms. The van der Waals surface area contributed by atoms with Crippen LogP contribution in [0.3, 0.4) is 0 Å². The second-order valence-corrected chi connectivity index (χ2v) is 4.69. The molecular formula is C10H18BrNO2. The molecule has 0 aromatic heterocycles. The Morgan fingerprint density at radius 1 is 1.36 bits per heavy atom. The van der Waals surface area contributed by atoms with Gasteiger partial charge in [-0.1, -0.05) is 35.2 Å². The van der Waals surface area contributed by atoms with E-state index in [2.05, 4.69) is 21.2 Å². The van der Waals surface area contributed by atoms with E-state index in [0.717, 1.165) is 12.8 Å². The van der Waals surface area contributed by atoms with Gasteiger partial charge in [0.25, 0.3) is 0 Å². The summed E-state index contributed by atoms with van der Waals surface area (Å²) >= 11 is 3.10. The highest BCUT2D eigenvalue weighted by Gasteiger charge is 2.31. The molecule has 0 saturated heterocycles. The van der Waals surface area contributed by atoms with Crippen LogP contribution in [-0.2, 0) is 4.79 Å². The SMILES string of the molecule is O=C(CBr)NCC1(CO)CCCCC1. The van der Waals surface area contributed by atoms with Gasteiger partial charge in [0.15, 0.2) is 0 Å². The van der Waals surface area contributed by atoms with E-state index in [9.17, 15) is 9.90 Å². The first-order valence-electron chi connectivity index (χ1n) is 5.16. The minimum atomic E-state index is -0.0456. The van der Waals surface area contributed by atoms with E-state index in [0.29, 0.717) is 11.9 Å². The van der Waals surface area contributed by atoms with Gasteiger partial charge in [0.1, 0.15) is 0 Å². The molecule has 0 unspecified atom stereocenters. The predicted molar refractivity (Wildman–Crippen MR) is 59.4 cm³/mol. The van der Waals surface area contributed by atoms with E-state index in [-0.39, 0.29) is 17.9 Å². The van der Waals surface area contributed by atoms with Crippen molar-refractivity contribution < 1.29 is 9.90 Å². The number of hydrogen-bond acceptors (Lipinski definition) is 2. The summed E-state index contributed by atoms with van der Waals surface area (Å²) in [6.45, 7) is 0.809. The molecule has 1 fully saturated rings. The molecule has 4 heteroatoms. The highest BCUT2D eigenvalue weighted by molar-refractivity contribution is 9.09. The molecule has 0 bridgehead atoms. The standard InChI is InChI=1S/C10H18BrNO2/c11-6-9(14)12-7-10(8-13)4-2-1-3-5-10/h13H,1-8H2,(H,12,14). The number of hydrogen-bond donors (Lipinski definition) is 2. The third kappa shape index (κ3) is 3.24. The molecule has 82 valence electrons. The first kappa shape index (κ1) is 12.0. The van der Waals surface area contributed by atoms with Crippen LogP contribution in [0.15, 0.2) is 0 Å². The number of aliphatic hydroxyl groups excluding tert-OH is 1. The van der Waals surface area contributed by atoms with Crippen molar-refractivity contribution in [2.75, 3.05) is 18.5 Å². The maximum Gasteiger partial charge on any atom is 0.230 e. The Labute approximate surface area is 93.4 Å². The fourth-order valence-electron chi connectivity index (χ4n) is 2.03. The minimum Gasteiger partial charge on any atom is -0.396 e. The molecule has 1 aliphatic carbocycles. The van der Waals surface area contributed by atoms with Crippen molar-refractivity contribution in [3.05, 3.63) is 0 Å². The quantitative estimate of drug-likeness (QED) is 0.755. The van der Waals surface area contributed by atoms with E-state index < -0.39 is 0 Å². The molecule has 3 nitrogen and oxygen atoms in total. The summed E-state index contributed by atoms with van der Waals surface area (Å²) in [7, 11) is 0. The smallest absolute Gasteiger partial charge is 0.230 e. The Bertz CT molecular complexity index is 191. The maximum atomic E-state index is 11.1. The van der Waals surface area contributed by atoms with Crippen LogP contribution >= 0.6 is 15.9 Å². The number of nitrogens with one attached hydrogen (secondary N) is 1. The summed E-state index contributed by atoms with van der Waals surface area (Å²) in [5.41, 5.74) is -0.0456. The van der Waals surface area contributed by atoms with Crippen LogP contribution < -0.4 is 5.32 Å². The highest BCUT2D eigenvalue weighted by atomic mass is 79.9. The second-order valence-electron chi connectivity index (χ2n) is 4.13. The predicted octanol–water partition coefficient (Wildman–Crippen LogP) is 1.44. The third-order valence-corrected chi connectivity index (χ3v) is 3.54. The summed E-state index contributed by atoms with van der Waals surface area (Å²) in [4.78, 5) is 11.1. The topological polar surface area (TPSA) is 49.3 Å². The van der Waals surface area contributed by atoms with Gasteiger partial charge in [-0.05, 0) is 12.8 Å². The molecule has 0 aromatic carbocycles. The van der Waals surface area contributed by atoms with Gasteiger partial charge in [0.05, 0.1) is 11.9 Å². The van der Waals surface area contributed by atoms with Gasteiger partial charge in [-0.15, -0.1) is 0 Å². The molecule has 2 N–H and O–H groups in total. The molecule has 1 rings (SSSR count). The Kier molecular flexibility index (Phi) is 4.89. The molecule has 0 aromatic rings. The zero-order chi connectivity index (χ0) is 10.4. The van der Waals surface area contributed by atoms with Crippen molar-refractivity contribution in [1.29, 1.82) is 0 Å². The zero-order valence-corrected chi connectivity index (χ0v) is 9.98. The lowest BCUT2D eigenvalue weighted by Gasteiger charge is -2.35. The van der Waals surface area contributed by atoms with Crippen molar-refractivity contribution in [3.8, 4) is 0 Å². The number of halogens is 1. The van der Waals surface area contributed by atoms with Gasteiger partial charge >= 0.3 is 0 Å². The molecule has 0 heterocycles. The number of amides is 1. The molecule has 1 aliphatic rings. The molecular weight excluding hydrogens is 246 g/mol. The molecule has 0 aliphatic heterocycles. The monoisotopic (exact) mass is 263 g/mol. The fourth-order valence-corrected chi connectivity index (χ4v) is 2.22. The van der Waals surface area contributed by atoms with Crippen molar-refractivity contribution in [2.24, 2.45) is 5.41 Å². The van der Waals surface area contributed by atoms with Crippen molar-refractivity contribution in [1.82, 2.24) is 5.32 Å². The van der Waals surface area contributed by atoms with Crippen LogP contribution in [0, 0.1) is 5.41 Å². The maximum absolute atomic E-state index is 11.1. The van der Waals surface area contributed by atoms with Gasteiger partial charge in [0, 0.05) is 12.0 Å². The van der Waals surface area contributed by atoms with Crippen LogP contribution in [0.1, 0.15) is 32.1 Å². The summed E-state index contributed by atoms with van der Waals surface area (Å²) in [5.74, 6) is 0.00315. The Morgan fingerprint density at radius 2 is 2.00 bits per heavy atom. The van der Waals surface area contributed by atoms with Gasteiger partial charge in [-0.25, -0.2) is 0 Å². The summed E-state index contributed by atoms with van der Waals surface area (Å²) in [6, 6.07) is 0. The van der Waals surface area contributed by atoms with Crippen molar-refractivity contribution in [3.63, 3.8) is 0 Å². The van der Waals surface area contributed by atoms with Crippen LogP contribution in [-0.4, -0.2) is 29.5 Å². The van der Waals surface area contributed by atoms with Gasteiger partial charge < -0.3 is 10.4 Å². The lowest BCUT2D eigenvalue weighted by molar-refractivity contribution is -0.119. The van der Waals surface area contributed by atoms with E-state index in [1.165, 1.54) is 19.3 Å². The number of rotatable bonds is 4. The number of carbonyl (C=O) groups is 1. The Hall–Kier alpha value is -0.0900. The minimum absolute atomic E-state index is 0.00315. The van der Waals surface area contributed by atoms with E-state index >= 15 is 0 Å². The average molecular weight is 264 g/mol. The lowest BCUT2D eigenvalue weighted by Crippen LogP contribution is -2.41. The molecule has 0 atom stereocenters. The third-order valence-electron chi connectivity index (χ3n) is 3.03. The van der Waals surface area contributed by atoms with Crippen molar-refractivity contribution in [2.45, 2.75) is 32.1 Å². The fraction of sp³-hybridized carbons (Fsp3) is 0.900. The van der Waals surface area contributed by atoms with Crippen LogP contribution in [0.2, 0.25) is 0 Å². The lowest BCUT2D eigenvalue weighted by atomic mass is 9.74. The first-order chi connectivity index (χ1) is 6.72. The van der Waals surface area contributed by atoms with Crippen LogP contribution in [0.5, 0.6) is 0 Å². The second kappa shape index (κ2) is 5.71. The van der Waals surface area contributed by atoms with Gasteiger partial charge in [-0.3, -0.25) is 4.79 Å². The van der Waals surface area contributed by atoms with E-state index in [1.807, 2.05) is 0 Å². The van der Waals surface area contributed by atoms with Gasteiger partial charge in [-0.2, -0.15) is 0 Å². The highest BCUT2D eigenvalue weighted by Crippen LogP contribution is 2.35. The Morgan fingerprint density at radius 3 is 2.50 bits per heavy atom. The molecule has 1 saturated carbocycles. The number of alkyl halides is 1. The normalized spacial score (nSPS) is 20.4. The molecule has 0 spiro atoms. The summed E-state index contributed by atoms with van der Waals surface area (Å²) in [5, 5.41) is 12.6. The summed E-state index contributed by atoms with van der Waals surface area (Å²) in [6.07, 6.45) is 5.67. The molecule has 0 radical (unpaired) electrons. The average Bonchev–Trinajstić information content (AvgIpc) is 2.27. The van der Waals surface area contributed by atoms with Crippen LogP contribution in [0.25, 0.3) is 0 Å². The zero-order valence-electron chi connectivity index (χ0n) is 8.39. The van der Waals surface area contributed by atoms with Gasteiger partial charge in [0.2, 0.25) is 5.91 Å². The van der Waals surface area contributed by atoms with E-state index in [4.69, 9.17) is 0 Å². The first-order valence-corrected chi connectivity index (χ1v) is 6.28. The van der Waals surface area contributed by atoms with Crippen molar-refractivity contribution >= 4 is 21.8 Å². The number of aliphatic hydroxyl groups is 1. The summed E-state index contributed by atoms with van der Waals surface area (Å²) < 4.78 is 0.